The predicted molar refractivity (Wildman–Crippen MR) is 113 cm³/mol. The Morgan fingerprint density at radius 2 is 2.00 bits per heavy atom. The highest BCUT2D eigenvalue weighted by Gasteiger charge is 2.21. The Kier molecular flexibility index (Phi) is 5.39. The van der Waals surface area contributed by atoms with Crippen molar-refractivity contribution in [1.82, 2.24) is 9.55 Å². The van der Waals surface area contributed by atoms with E-state index in [2.05, 4.69) is 9.55 Å². The standard InChI is InChI=1S/C20H19ClN2O2S2/c1-2-23-19-17(18(25)14-5-3-4-6-16(14)27-19)22-20(23)26-11-15(24)12-7-9-13(21)10-8-12/h7-10H,2-6,11H2,1H3. The van der Waals surface area contributed by atoms with E-state index in [1.54, 1.807) is 35.6 Å². The molecule has 0 aliphatic heterocycles. The lowest BCUT2D eigenvalue weighted by Crippen LogP contribution is -2.15. The van der Waals surface area contributed by atoms with Crippen LogP contribution >= 0.6 is 34.7 Å². The molecule has 1 aromatic carbocycles. The molecular formula is C20H19ClN2O2S2. The maximum Gasteiger partial charge on any atom is 0.211 e. The largest absolute Gasteiger partial charge is 0.311 e. The minimum atomic E-state index is 0.0247. The lowest BCUT2D eigenvalue weighted by atomic mass is 9.98. The zero-order valence-corrected chi connectivity index (χ0v) is 17.3. The molecule has 7 heteroatoms. The summed E-state index contributed by atoms with van der Waals surface area (Å²) in [7, 11) is 0. The van der Waals surface area contributed by atoms with Gasteiger partial charge in [0.2, 0.25) is 5.43 Å². The van der Waals surface area contributed by atoms with Crippen molar-refractivity contribution in [2.24, 2.45) is 0 Å². The number of Topliss-reactive ketones (excluding diaryl/α,β-unsaturated/α-hetero) is 1. The van der Waals surface area contributed by atoms with E-state index < -0.39 is 0 Å². The first-order valence-electron chi connectivity index (χ1n) is 9.05. The van der Waals surface area contributed by atoms with E-state index in [0.29, 0.717) is 16.1 Å². The predicted octanol–water partition coefficient (Wildman–Crippen LogP) is 4.99. The van der Waals surface area contributed by atoms with Crippen LogP contribution in [0.5, 0.6) is 0 Å². The molecule has 4 nitrogen and oxygen atoms in total. The zero-order chi connectivity index (χ0) is 19.0. The summed E-state index contributed by atoms with van der Waals surface area (Å²) in [5.74, 6) is 0.306. The van der Waals surface area contributed by atoms with E-state index >= 15 is 0 Å². The molecule has 0 fully saturated rings. The number of imidazole rings is 1. The third kappa shape index (κ3) is 3.58. The smallest absolute Gasteiger partial charge is 0.211 e. The lowest BCUT2D eigenvalue weighted by Gasteiger charge is -2.13. The molecule has 0 bridgehead atoms. The van der Waals surface area contributed by atoms with Gasteiger partial charge in [-0.1, -0.05) is 23.4 Å². The average molecular weight is 419 g/mol. The number of aryl methyl sites for hydroxylation is 2. The van der Waals surface area contributed by atoms with Crippen LogP contribution in [-0.2, 0) is 19.4 Å². The highest BCUT2D eigenvalue weighted by atomic mass is 35.5. The van der Waals surface area contributed by atoms with Crippen molar-refractivity contribution >= 4 is 50.8 Å². The van der Waals surface area contributed by atoms with Crippen molar-refractivity contribution < 1.29 is 4.79 Å². The van der Waals surface area contributed by atoms with Gasteiger partial charge in [-0.3, -0.25) is 9.59 Å². The number of hydrogen-bond acceptors (Lipinski definition) is 5. The molecule has 0 amide bonds. The Bertz CT molecular complexity index is 1070. The summed E-state index contributed by atoms with van der Waals surface area (Å²) in [6.07, 6.45) is 4.06. The van der Waals surface area contributed by atoms with Gasteiger partial charge in [-0.15, -0.1) is 11.3 Å². The van der Waals surface area contributed by atoms with Gasteiger partial charge in [0.15, 0.2) is 10.9 Å². The first kappa shape index (κ1) is 18.7. The van der Waals surface area contributed by atoms with Crippen LogP contribution in [0.1, 0.15) is 40.6 Å². The molecule has 1 aliphatic carbocycles. The number of fused-ring (bicyclic) bond motifs is 2. The molecule has 4 rings (SSSR count). The maximum atomic E-state index is 12.9. The van der Waals surface area contributed by atoms with Gasteiger partial charge < -0.3 is 4.57 Å². The van der Waals surface area contributed by atoms with Gasteiger partial charge in [0.25, 0.3) is 0 Å². The number of benzene rings is 1. The van der Waals surface area contributed by atoms with E-state index in [1.165, 1.54) is 16.6 Å². The number of aromatic nitrogens is 2. The Hall–Kier alpha value is -1.63. The number of halogens is 1. The van der Waals surface area contributed by atoms with E-state index in [9.17, 15) is 9.59 Å². The van der Waals surface area contributed by atoms with Crippen molar-refractivity contribution in [3.8, 4) is 0 Å². The molecule has 0 spiro atoms. The van der Waals surface area contributed by atoms with Gasteiger partial charge in [-0.05, 0) is 56.9 Å². The molecule has 2 heterocycles. The minimum Gasteiger partial charge on any atom is -0.311 e. The second-order valence-corrected chi connectivity index (χ2v) is 9.01. The normalized spacial score (nSPS) is 13.7. The summed E-state index contributed by atoms with van der Waals surface area (Å²) in [5.41, 5.74) is 2.22. The monoisotopic (exact) mass is 418 g/mol. The van der Waals surface area contributed by atoms with Crippen LogP contribution in [0.25, 0.3) is 10.3 Å². The van der Waals surface area contributed by atoms with Gasteiger partial charge in [-0.25, -0.2) is 4.98 Å². The third-order valence-electron chi connectivity index (χ3n) is 4.83. The van der Waals surface area contributed by atoms with Crippen LogP contribution in [0, 0.1) is 0 Å². The van der Waals surface area contributed by atoms with Crippen LogP contribution in [0.4, 0.5) is 0 Å². The first-order valence-corrected chi connectivity index (χ1v) is 11.2. The van der Waals surface area contributed by atoms with Gasteiger partial charge in [0, 0.05) is 27.6 Å². The van der Waals surface area contributed by atoms with Crippen molar-refractivity contribution in [3.63, 3.8) is 0 Å². The van der Waals surface area contributed by atoms with Gasteiger partial charge in [-0.2, -0.15) is 0 Å². The quantitative estimate of drug-likeness (QED) is 0.433. The number of nitrogens with zero attached hydrogens (tertiary/aromatic N) is 2. The molecule has 27 heavy (non-hydrogen) atoms. The summed E-state index contributed by atoms with van der Waals surface area (Å²) in [5, 5.41) is 1.35. The van der Waals surface area contributed by atoms with E-state index in [0.717, 1.165) is 47.8 Å². The summed E-state index contributed by atoms with van der Waals surface area (Å²) in [6.45, 7) is 2.77. The second kappa shape index (κ2) is 7.78. The molecule has 2 aromatic heterocycles. The van der Waals surface area contributed by atoms with Crippen LogP contribution < -0.4 is 5.43 Å². The number of ketones is 1. The van der Waals surface area contributed by atoms with Crippen molar-refractivity contribution in [2.75, 3.05) is 5.75 Å². The Morgan fingerprint density at radius 1 is 1.26 bits per heavy atom. The fourth-order valence-corrected chi connectivity index (χ4v) is 5.90. The number of carbonyl (C=O) groups is 1. The first-order chi connectivity index (χ1) is 13.1. The zero-order valence-electron chi connectivity index (χ0n) is 15.0. The Balaban J connectivity index is 1.65. The number of rotatable bonds is 5. The Morgan fingerprint density at radius 3 is 2.74 bits per heavy atom. The number of thioether (sulfide) groups is 1. The molecule has 0 radical (unpaired) electrons. The fraction of sp³-hybridized carbons (Fsp3) is 0.350. The van der Waals surface area contributed by atoms with Gasteiger partial charge in [0.1, 0.15) is 10.3 Å². The highest BCUT2D eigenvalue weighted by Crippen LogP contribution is 2.31. The minimum absolute atomic E-state index is 0.0247. The van der Waals surface area contributed by atoms with Crippen LogP contribution in [0.3, 0.4) is 0 Å². The average Bonchev–Trinajstić information content (AvgIpc) is 3.04. The molecule has 0 saturated heterocycles. The summed E-state index contributed by atoms with van der Waals surface area (Å²) in [6, 6.07) is 6.91. The topological polar surface area (TPSA) is 52.0 Å². The SMILES string of the molecule is CCn1c(SCC(=O)c2ccc(Cl)cc2)nc2c(=O)c3c(sc21)CCCC3. The van der Waals surface area contributed by atoms with Gasteiger partial charge >= 0.3 is 0 Å². The highest BCUT2D eigenvalue weighted by molar-refractivity contribution is 7.99. The third-order valence-corrected chi connectivity index (χ3v) is 7.36. The number of hydrogen-bond donors (Lipinski definition) is 0. The lowest BCUT2D eigenvalue weighted by molar-refractivity contribution is 0.102. The molecule has 1 aliphatic rings. The second-order valence-electron chi connectivity index (χ2n) is 6.55. The number of carbonyl (C=O) groups excluding carboxylic acids is 1. The molecule has 0 atom stereocenters. The fourth-order valence-electron chi connectivity index (χ4n) is 3.40. The van der Waals surface area contributed by atoms with Crippen LogP contribution in [-0.4, -0.2) is 21.1 Å². The van der Waals surface area contributed by atoms with Crippen LogP contribution in [0.15, 0.2) is 34.2 Å². The van der Waals surface area contributed by atoms with Crippen LogP contribution in [0.2, 0.25) is 5.02 Å². The molecule has 3 aromatic rings. The van der Waals surface area contributed by atoms with E-state index in [1.807, 2.05) is 6.92 Å². The summed E-state index contributed by atoms with van der Waals surface area (Å²) < 4.78 is 2.07. The van der Waals surface area contributed by atoms with E-state index in [-0.39, 0.29) is 17.0 Å². The summed E-state index contributed by atoms with van der Waals surface area (Å²) in [4.78, 5) is 32.1. The van der Waals surface area contributed by atoms with Crippen molar-refractivity contribution in [2.45, 2.75) is 44.3 Å². The molecule has 0 saturated carbocycles. The molecular weight excluding hydrogens is 400 g/mol. The maximum absolute atomic E-state index is 12.9. The molecule has 0 unspecified atom stereocenters. The van der Waals surface area contributed by atoms with Gasteiger partial charge in [0.05, 0.1) is 5.75 Å². The van der Waals surface area contributed by atoms with E-state index in [4.69, 9.17) is 11.6 Å². The molecule has 140 valence electrons. The summed E-state index contributed by atoms with van der Waals surface area (Å²) >= 11 is 8.97. The van der Waals surface area contributed by atoms with Crippen molar-refractivity contribution in [3.05, 3.63) is 55.5 Å². The Labute approximate surface area is 170 Å². The van der Waals surface area contributed by atoms with Crippen molar-refractivity contribution in [1.29, 1.82) is 0 Å². The molecule has 0 N–H and O–H groups in total.